The number of nitrogens with zero attached hydrogens (tertiary/aromatic N) is 2. The Balaban J connectivity index is 2.42. The van der Waals surface area contributed by atoms with Crippen molar-refractivity contribution >= 4 is 21.6 Å². The molecule has 1 aromatic carbocycles. The highest BCUT2D eigenvalue weighted by Gasteiger charge is 2.19. The summed E-state index contributed by atoms with van der Waals surface area (Å²) in [4.78, 5) is 13.9. The molecule has 1 aromatic heterocycles. The van der Waals surface area contributed by atoms with E-state index in [2.05, 4.69) is 20.9 Å². The maximum Gasteiger partial charge on any atom is 0.330 e. The maximum absolute atomic E-state index is 13.0. The van der Waals surface area contributed by atoms with E-state index in [4.69, 9.17) is 4.74 Å². The molecule has 7 heteroatoms. The number of nitro groups is 1. The van der Waals surface area contributed by atoms with Gasteiger partial charge in [-0.2, -0.15) is 0 Å². The molecule has 0 radical (unpaired) electrons. The van der Waals surface area contributed by atoms with Gasteiger partial charge in [0.1, 0.15) is 17.8 Å². The van der Waals surface area contributed by atoms with E-state index >= 15 is 0 Å². The summed E-state index contributed by atoms with van der Waals surface area (Å²) in [5, 5.41) is 10.8. The zero-order valence-corrected chi connectivity index (χ0v) is 10.4. The van der Waals surface area contributed by atoms with Crippen LogP contribution in [0.3, 0.4) is 0 Å². The molecule has 18 heavy (non-hydrogen) atoms. The molecule has 0 atom stereocenters. The number of pyridine rings is 1. The summed E-state index contributed by atoms with van der Waals surface area (Å²) < 4.78 is 18.6. The van der Waals surface area contributed by atoms with Crippen molar-refractivity contribution in [3.8, 4) is 11.5 Å². The van der Waals surface area contributed by atoms with Crippen LogP contribution in [0.5, 0.6) is 11.5 Å². The van der Waals surface area contributed by atoms with Crippen LogP contribution in [0.25, 0.3) is 0 Å². The van der Waals surface area contributed by atoms with Crippen molar-refractivity contribution in [3.05, 3.63) is 57.1 Å². The number of hydrogen-bond acceptors (Lipinski definition) is 4. The normalized spacial score (nSPS) is 10.1. The molecular weight excluding hydrogens is 307 g/mol. The first-order valence-electron chi connectivity index (χ1n) is 4.79. The highest BCUT2D eigenvalue weighted by Crippen LogP contribution is 2.37. The third-order valence-electron chi connectivity index (χ3n) is 2.05. The number of benzene rings is 1. The van der Waals surface area contributed by atoms with Crippen LogP contribution in [0.1, 0.15) is 0 Å². The van der Waals surface area contributed by atoms with Crippen LogP contribution in [0.2, 0.25) is 0 Å². The van der Waals surface area contributed by atoms with E-state index in [-0.39, 0.29) is 17.2 Å². The number of aromatic nitrogens is 1. The van der Waals surface area contributed by atoms with Gasteiger partial charge in [-0.05, 0) is 28.1 Å². The van der Waals surface area contributed by atoms with Crippen LogP contribution in [0, 0.1) is 15.9 Å². The van der Waals surface area contributed by atoms with Gasteiger partial charge in [0.15, 0.2) is 0 Å². The predicted octanol–water partition coefficient (Wildman–Crippen LogP) is 3.68. The molecule has 0 saturated heterocycles. The summed E-state index contributed by atoms with van der Waals surface area (Å²) >= 11 is 3.11. The highest BCUT2D eigenvalue weighted by molar-refractivity contribution is 9.10. The molecule has 92 valence electrons. The average molecular weight is 313 g/mol. The summed E-state index contributed by atoms with van der Waals surface area (Å²) in [5.74, 6) is -0.328. The Hall–Kier alpha value is -2.02. The number of hydrogen-bond donors (Lipinski definition) is 0. The molecule has 0 saturated carbocycles. The Bertz CT molecular complexity index is 607. The van der Waals surface area contributed by atoms with Gasteiger partial charge in [-0.1, -0.05) is 6.07 Å². The van der Waals surface area contributed by atoms with Crippen LogP contribution < -0.4 is 4.74 Å². The third kappa shape index (κ3) is 2.62. The Labute approximate surface area is 110 Å². The minimum atomic E-state index is -0.619. The lowest BCUT2D eigenvalue weighted by Gasteiger charge is -2.07. The van der Waals surface area contributed by atoms with E-state index in [1.807, 2.05) is 0 Å². The van der Waals surface area contributed by atoms with E-state index in [1.54, 1.807) is 0 Å². The van der Waals surface area contributed by atoms with Crippen LogP contribution >= 0.6 is 15.9 Å². The Kier molecular flexibility index (Phi) is 3.52. The second kappa shape index (κ2) is 5.09. The van der Waals surface area contributed by atoms with Crippen molar-refractivity contribution < 1.29 is 14.1 Å². The summed E-state index contributed by atoms with van der Waals surface area (Å²) in [7, 11) is 0. The Morgan fingerprint density at radius 2 is 2.17 bits per heavy atom. The molecular formula is C11H6BrFN2O3. The molecule has 2 aromatic rings. The topological polar surface area (TPSA) is 65.3 Å². The van der Waals surface area contributed by atoms with Crippen molar-refractivity contribution in [1.82, 2.24) is 4.98 Å². The van der Waals surface area contributed by atoms with Crippen molar-refractivity contribution in [2.45, 2.75) is 0 Å². The summed E-state index contributed by atoms with van der Waals surface area (Å²) in [6, 6.07) is 5.34. The van der Waals surface area contributed by atoms with Gasteiger partial charge in [-0.25, -0.2) is 4.39 Å². The van der Waals surface area contributed by atoms with Gasteiger partial charge in [0.2, 0.25) is 5.75 Å². The van der Waals surface area contributed by atoms with Crippen LogP contribution in [0.15, 0.2) is 41.1 Å². The Morgan fingerprint density at radius 1 is 1.39 bits per heavy atom. The predicted molar refractivity (Wildman–Crippen MR) is 65.1 cm³/mol. The number of halogens is 2. The van der Waals surface area contributed by atoms with Gasteiger partial charge in [0, 0.05) is 12.3 Å². The highest BCUT2D eigenvalue weighted by atomic mass is 79.9. The van der Waals surface area contributed by atoms with Crippen molar-refractivity contribution in [2.75, 3.05) is 0 Å². The van der Waals surface area contributed by atoms with Crippen molar-refractivity contribution in [2.24, 2.45) is 0 Å². The van der Waals surface area contributed by atoms with Gasteiger partial charge in [0.25, 0.3) is 0 Å². The molecule has 0 amide bonds. The van der Waals surface area contributed by atoms with Crippen molar-refractivity contribution in [3.63, 3.8) is 0 Å². The molecule has 5 nitrogen and oxygen atoms in total. The van der Waals surface area contributed by atoms with E-state index < -0.39 is 10.7 Å². The maximum atomic E-state index is 13.0. The second-order valence-corrected chi connectivity index (χ2v) is 4.14. The number of ether oxygens (including phenoxy) is 1. The lowest BCUT2D eigenvalue weighted by molar-refractivity contribution is -0.386. The molecule has 0 N–H and O–H groups in total. The lowest BCUT2D eigenvalue weighted by Crippen LogP contribution is -1.95. The van der Waals surface area contributed by atoms with Gasteiger partial charge < -0.3 is 4.74 Å². The standard InChI is InChI=1S/C11H6BrFN2O3/c12-9-5-14-6-10(15(16)17)11(9)18-8-3-1-2-7(13)4-8/h1-6H. The minimum Gasteiger partial charge on any atom is -0.449 e. The van der Waals surface area contributed by atoms with Crippen LogP contribution in [-0.2, 0) is 0 Å². The molecule has 0 aliphatic heterocycles. The van der Waals surface area contributed by atoms with Crippen LogP contribution in [0.4, 0.5) is 10.1 Å². The smallest absolute Gasteiger partial charge is 0.330 e. The first-order valence-corrected chi connectivity index (χ1v) is 5.58. The number of rotatable bonds is 3. The molecule has 0 fully saturated rings. The fraction of sp³-hybridized carbons (Fsp3) is 0. The quantitative estimate of drug-likeness (QED) is 0.640. The van der Waals surface area contributed by atoms with Gasteiger partial charge >= 0.3 is 5.69 Å². The molecule has 0 aliphatic rings. The first-order chi connectivity index (χ1) is 8.58. The minimum absolute atomic E-state index is 0.0133. The van der Waals surface area contributed by atoms with Crippen LogP contribution in [-0.4, -0.2) is 9.91 Å². The zero-order valence-electron chi connectivity index (χ0n) is 8.84. The van der Waals surface area contributed by atoms with E-state index in [0.717, 1.165) is 12.3 Å². The molecule has 0 aliphatic carbocycles. The van der Waals surface area contributed by atoms with Gasteiger partial charge in [0.05, 0.1) is 9.40 Å². The zero-order chi connectivity index (χ0) is 13.1. The first kappa shape index (κ1) is 12.4. The SMILES string of the molecule is O=[N+]([O-])c1cncc(Br)c1Oc1cccc(F)c1. The van der Waals surface area contributed by atoms with Gasteiger partial charge in [-0.3, -0.25) is 15.1 Å². The lowest BCUT2D eigenvalue weighted by atomic mass is 10.3. The second-order valence-electron chi connectivity index (χ2n) is 3.29. The molecule has 1 heterocycles. The average Bonchev–Trinajstić information content (AvgIpc) is 2.31. The largest absolute Gasteiger partial charge is 0.449 e. The van der Waals surface area contributed by atoms with Crippen molar-refractivity contribution in [1.29, 1.82) is 0 Å². The summed E-state index contributed by atoms with van der Waals surface area (Å²) in [6.45, 7) is 0. The third-order valence-corrected chi connectivity index (χ3v) is 2.61. The van der Waals surface area contributed by atoms with Gasteiger partial charge in [-0.15, -0.1) is 0 Å². The molecule has 0 unspecified atom stereocenters. The Morgan fingerprint density at radius 3 is 2.83 bits per heavy atom. The van der Waals surface area contributed by atoms with E-state index in [1.165, 1.54) is 24.4 Å². The summed E-state index contributed by atoms with van der Waals surface area (Å²) in [5.41, 5.74) is -0.298. The molecule has 2 rings (SSSR count). The fourth-order valence-electron chi connectivity index (χ4n) is 1.29. The monoisotopic (exact) mass is 312 g/mol. The van der Waals surface area contributed by atoms with E-state index in [0.29, 0.717) is 4.47 Å². The summed E-state index contributed by atoms with van der Waals surface area (Å²) in [6.07, 6.45) is 2.43. The molecule has 0 spiro atoms. The van der Waals surface area contributed by atoms with E-state index in [9.17, 15) is 14.5 Å². The fourth-order valence-corrected chi connectivity index (χ4v) is 1.69. The molecule has 0 bridgehead atoms.